The van der Waals surface area contributed by atoms with Gasteiger partial charge < -0.3 is 9.71 Å². The fourth-order valence-corrected chi connectivity index (χ4v) is 13.0. The molecular weight excluding hydrogens is 832 g/mol. The Labute approximate surface area is 406 Å². The maximum absolute atomic E-state index is 2.72. The van der Waals surface area contributed by atoms with Gasteiger partial charge in [-0.15, -0.1) is 0 Å². The summed E-state index contributed by atoms with van der Waals surface area (Å²) in [5.41, 5.74) is 29.3. The molecule has 0 atom stereocenters. The van der Waals surface area contributed by atoms with Gasteiger partial charge in [-0.3, -0.25) is 0 Å². The molecule has 0 N–H and O–H groups in total. The Kier molecular flexibility index (Phi) is 8.35. The molecule has 328 valence electrons. The van der Waals surface area contributed by atoms with Crippen LogP contribution >= 0.6 is 0 Å². The Morgan fingerprint density at radius 3 is 1.70 bits per heavy atom. The van der Waals surface area contributed by atoms with Gasteiger partial charge >= 0.3 is 6.85 Å². The van der Waals surface area contributed by atoms with E-state index in [4.69, 9.17) is 0 Å². The molecule has 2 aliphatic carbocycles. The van der Waals surface area contributed by atoms with Crippen LogP contribution in [0.3, 0.4) is 0 Å². The topological polar surface area (TPSA) is 6.48 Å². The van der Waals surface area contributed by atoms with Gasteiger partial charge in [-0.2, -0.15) is 0 Å². The van der Waals surface area contributed by atoms with Crippen LogP contribution in [0.15, 0.2) is 200 Å². The summed E-state index contributed by atoms with van der Waals surface area (Å²) >= 11 is 0. The van der Waals surface area contributed by atoms with Gasteiger partial charge in [0.1, 0.15) is 0 Å². The number of nitrogens with zero attached hydrogens (tertiary/aromatic N) is 2. The van der Waals surface area contributed by atoms with Crippen LogP contribution in [0, 0.1) is 13.8 Å². The number of rotatable bonds is 4. The number of hydrogen-bond donors (Lipinski definition) is 0. The molecule has 0 aromatic heterocycles. The second-order valence-corrected chi connectivity index (χ2v) is 21.0. The first-order chi connectivity index (χ1) is 33.6. The van der Waals surface area contributed by atoms with Gasteiger partial charge in [-0.1, -0.05) is 173 Å². The van der Waals surface area contributed by atoms with E-state index in [1.807, 2.05) is 0 Å². The van der Waals surface area contributed by atoms with Crippen molar-refractivity contribution in [1.29, 1.82) is 0 Å². The number of aryl methyl sites for hydroxylation is 2. The van der Waals surface area contributed by atoms with Crippen LogP contribution in [0.5, 0.6) is 0 Å². The van der Waals surface area contributed by atoms with Crippen molar-refractivity contribution in [3.05, 3.63) is 234 Å². The van der Waals surface area contributed by atoms with E-state index in [-0.39, 0.29) is 17.7 Å². The Bertz CT molecular complexity index is 3840. The summed E-state index contributed by atoms with van der Waals surface area (Å²) in [4.78, 5) is 5.36. The summed E-state index contributed by atoms with van der Waals surface area (Å²) in [5, 5.41) is 2.48. The first-order valence-electron chi connectivity index (χ1n) is 24.6. The lowest BCUT2D eigenvalue weighted by molar-refractivity contribution is 0.660. The molecule has 69 heavy (non-hydrogen) atoms. The maximum atomic E-state index is 2.72. The Morgan fingerprint density at radius 2 is 0.971 bits per heavy atom. The average Bonchev–Trinajstić information content (AvgIpc) is 3.74. The van der Waals surface area contributed by atoms with E-state index in [1.54, 1.807) is 0 Å². The monoisotopic (exact) mass is 882 g/mol. The van der Waals surface area contributed by atoms with E-state index in [2.05, 4.69) is 251 Å². The second-order valence-electron chi connectivity index (χ2n) is 21.0. The summed E-state index contributed by atoms with van der Waals surface area (Å²) in [6.07, 6.45) is 0. The van der Waals surface area contributed by atoms with Crippen LogP contribution < -0.4 is 20.6 Å². The van der Waals surface area contributed by atoms with E-state index < -0.39 is 0 Å². The van der Waals surface area contributed by atoms with E-state index in [0.29, 0.717) is 0 Å². The zero-order valence-corrected chi connectivity index (χ0v) is 40.0. The number of benzene rings is 10. The first kappa shape index (κ1) is 40.2. The van der Waals surface area contributed by atoms with Crippen molar-refractivity contribution in [3.8, 4) is 55.6 Å². The molecule has 0 fully saturated rings. The zero-order valence-electron chi connectivity index (χ0n) is 40.0. The maximum Gasteiger partial charge on any atom is 0.333 e. The van der Waals surface area contributed by atoms with Gasteiger partial charge in [0.05, 0.1) is 0 Å². The van der Waals surface area contributed by atoms with Crippen molar-refractivity contribution in [2.24, 2.45) is 0 Å². The van der Waals surface area contributed by atoms with Crippen LogP contribution in [0.4, 0.5) is 28.4 Å². The molecule has 0 unspecified atom stereocenters. The molecule has 2 aliphatic heterocycles. The van der Waals surface area contributed by atoms with Crippen LogP contribution in [0.25, 0.3) is 66.4 Å². The Balaban J connectivity index is 1.12. The van der Waals surface area contributed by atoms with Gasteiger partial charge in [0.15, 0.2) is 0 Å². The van der Waals surface area contributed by atoms with Crippen molar-refractivity contribution in [3.63, 3.8) is 0 Å². The molecule has 0 radical (unpaired) electrons. The third kappa shape index (κ3) is 5.62. The van der Waals surface area contributed by atoms with E-state index in [0.717, 1.165) is 0 Å². The van der Waals surface area contributed by atoms with Gasteiger partial charge in [-0.25, -0.2) is 0 Å². The molecule has 2 nitrogen and oxygen atoms in total. The number of fused-ring (bicyclic) bond motifs is 11. The molecule has 10 aromatic rings. The lowest BCUT2D eigenvalue weighted by Crippen LogP contribution is -2.61. The highest BCUT2D eigenvalue weighted by molar-refractivity contribution is 6.93. The summed E-state index contributed by atoms with van der Waals surface area (Å²) in [5.74, 6) is 0. The van der Waals surface area contributed by atoms with E-state index >= 15 is 0 Å². The van der Waals surface area contributed by atoms with Gasteiger partial charge in [0, 0.05) is 44.8 Å². The summed E-state index contributed by atoms with van der Waals surface area (Å²) < 4.78 is 0. The van der Waals surface area contributed by atoms with Gasteiger partial charge in [0.25, 0.3) is 0 Å². The first-order valence-corrected chi connectivity index (χ1v) is 24.6. The van der Waals surface area contributed by atoms with E-state index in [9.17, 15) is 0 Å². The molecule has 3 heteroatoms. The predicted molar refractivity (Wildman–Crippen MR) is 293 cm³/mol. The average molecular weight is 883 g/mol. The van der Waals surface area contributed by atoms with Gasteiger partial charge in [0.2, 0.25) is 0 Å². The molecule has 0 spiro atoms. The minimum Gasteiger partial charge on any atom is -0.376 e. The molecule has 4 aliphatic rings. The van der Waals surface area contributed by atoms with E-state index in [1.165, 1.54) is 139 Å². The normalized spacial score (nSPS) is 15.0. The fraction of sp³-hybridized carbons (Fsp3) is 0.121. The lowest BCUT2D eigenvalue weighted by Gasteiger charge is -2.47. The molecule has 0 saturated heterocycles. The highest BCUT2D eigenvalue weighted by Gasteiger charge is 2.48. The quantitative estimate of drug-likeness (QED) is 0.163. The van der Waals surface area contributed by atoms with Crippen molar-refractivity contribution in [2.45, 2.75) is 52.4 Å². The Hall–Kier alpha value is -7.88. The third-order valence-electron chi connectivity index (χ3n) is 16.5. The zero-order chi connectivity index (χ0) is 46.5. The summed E-state index contributed by atoms with van der Waals surface area (Å²) in [7, 11) is 0. The largest absolute Gasteiger partial charge is 0.376 e. The minimum absolute atomic E-state index is 0.0984. The minimum atomic E-state index is -0.189. The van der Waals surface area contributed by atoms with Crippen LogP contribution in [-0.4, -0.2) is 6.85 Å². The fourth-order valence-electron chi connectivity index (χ4n) is 13.0. The van der Waals surface area contributed by atoms with Crippen molar-refractivity contribution >= 4 is 57.0 Å². The van der Waals surface area contributed by atoms with Crippen molar-refractivity contribution < 1.29 is 0 Å². The SMILES string of the molecule is Cc1ccccc1-c1cc2c3c(c1)N(c1ccc(-c4ccccc4)cc1C)c1cc4c(cc1B3N(c1ccc3c(c1)-c1ccccc1C3(C)C)c1cc3ccccc3cc1-2)-c1ccccc1C4(C)C. The van der Waals surface area contributed by atoms with Crippen LogP contribution in [-0.2, 0) is 10.8 Å². The molecule has 0 saturated carbocycles. The smallest absolute Gasteiger partial charge is 0.333 e. The molecule has 0 amide bonds. The number of anilines is 5. The molecule has 2 heterocycles. The van der Waals surface area contributed by atoms with Crippen molar-refractivity contribution in [1.82, 2.24) is 0 Å². The summed E-state index contributed by atoms with van der Waals surface area (Å²) in [6, 6.07) is 76.4. The van der Waals surface area contributed by atoms with Gasteiger partial charge in [-0.05, 0) is 174 Å². The highest BCUT2D eigenvalue weighted by Crippen LogP contribution is 2.56. The molecule has 14 rings (SSSR count). The van der Waals surface area contributed by atoms with Crippen LogP contribution in [0.2, 0.25) is 0 Å². The Morgan fingerprint density at radius 1 is 0.348 bits per heavy atom. The van der Waals surface area contributed by atoms with Crippen LogP contribution in [0.1, 0.15) is 61.1 Å². The van der Waals surface area contributed by atoms with Crippen molar-refractivity contribution in [2.75, 3.05) is 9.71 Å². The molecule has 10 aromatic carbocycles. The molecular formula is C66H51BN2. The second kappa shape index (κ2) is 14.3. The standard InChI is InChI=1S/C66H51BN2/c1-40-18-10-13-23-48(40)46-34-54-53-33-43-21-11-12-22-44(43)35-61(53)69(47-29-30-57-51(37-47)49-24-14-16-26-55(49)65(57,3)4)67-59-38-52-50-25-15-17-27-56(50)66(5,6)58(52)39-62(59)68(63(36-46)64(54)67)60-31-28-45(32-41(60)2)42-19-8-7-9-20-42/h7-39H,1-6H3. The number of hydrogen-bond acceptors (Lipinski definition) is 2. The predicted octanol–water partition coefficient (Wildman–Crippen LogP) is 16.1. The third-order valence-corrected chi connectivity index (χ3v) is 16.5. The molecule has 0 bridgehead atoms. The highest BCUT2D eigenvalue weighted by atomic mass is 15.2. The lowest BCUT2D eigenvalue weighted by atomic mass is 9.43. The summed E-state index contributed by atoms with van der Waals surface area (Å²) in [6.45, 7) is 14.0.